The summed E-state index contributed by atoms with van der Waals surface area (Å²) < 4.78 is 0. The fraction of sp³-hybridized carbons (Fsp3) is 0.647. The Balaban J connectivity index is 2.31. The zero-order valence-electron chi connectivity index (χ0n) is 13.1. The van der Waals surface area contributed by atoms with Crippen LogP contribution >= 0.6 is 11.6 Å². The van der Waals surface area contributed by atoms with Gasteiger partial charge in [-0.05, 0) is 55.4 Å². The summed E-state index contributed by atoms with van der Waals surface area (Å²) in [4.78, 5) is 2.59. The van der Waals surface area contributed by atoms with Crippen LogP contribution in [0.25, 0.3) is 0 Å². The summed E-state index contributed by atoms with van der Waals surface area (Å²) in [5.41, 5.74) is 8.69. The summed E-state index contributed by atoms with van der Waals surface area (Å²) in [5, 5.41) is 0.801. The molecular formula is C17H27ClN2. The van der Waals surface area contributed by atoms with Gasteiger partial charge in [0.05, 0.1) is 0 Å². The molecule has 0 saturated carbocycles. The second-order valence-electron chi connectivity index (χ2n) is 6.51. The van der Waals surface area contributed by atoms with Crippen molar-refractivity contribution in [3.8, 4) is 0 Å². The van der Waals surface area contributed by atoms with Gasteiger partial charge in [-0.15, -0.1) is 0 Å². The molecule has 2 nitrogen and oxygen atoms in total. The first-order valence-corrected chi connectivity index (χ1v) is 8.03. The van der Waals surface area contributed by atoms with Crippen LogP contribution in [0, 0.1) is 18.8 Å². The van der Waals surface area contributed by atoms with E-state index in [4.69, 9.17) is 17.3 Å². The molecule has 3 heteroatoms. The Bertz CT molecular complexity index is 460. The number of rotatable bonds is 3. The third kappa shape index (κ3) is 3.19. The molecule has 1 aliphatic rings. The Hall–Kier alpha value is -0.570. The smallest absolute Gasteiger partial charge is 0.0476 e. The van der Waals surface area contributed by atoms with Crippen LogP contribution in [0.4, 0.5) is 0 Å². The number of piperidine rings is 1. The summed E-state index contributed by atoms with van der Waals surface area (Å²) in [6, 6.07) is 7.04. The van der Waals surface area contributed by atoms with E-state index in [1.807, 2.05) is 12.1 Å². The van der Waals surface area contributed by atoms with Crippen molar-refractivity contribution in [1.82, 2.24) is 4.90 Å². The van der Waals surface area contributed by atoms with Gasteiger partial charge in [0.15, 0.2) is 0 Å². The Morgan fingerprint density at radius 3 is 2.65 bits per heavy atom. The quantitative estimate of drug-likeness (QED) is 0.912. The minimum Gasteiger partial charge on any atom is -0.329 e. The van der Waals surface area contributed by atoms with Crippen LogP contribution in [-0.4, -0.2) is 24.0 Å². The standard InChI is InChI=1S/C17H27ClN2/c1-11-7-12(2)14(4)20(10-11)17(9-19)16-6-5-15(18)8-13(16)3/h5-6,8,11-12,14,17H,7,9-10,19H2,1-4H3. The predicted molar refractivity (Wildman–Crippen MR) is 87.1 cm³/mol. The van der Waals surface area contributed by atoms with Crippen molar-refractivity contribution in [2.75, 3.05) is 13.1 Å². The second-order valence-corrected chi connectivity index (χ2v) is 6.94. The molecule has 1 saturated heterocycles. The fourth-order valence-corrected chi connectivity index (χ4v) is 3.85. The van der Waals surface area contributed by atoms with E-state index in [0.29, 0.717) is 18.6 Å². The lowest BCUT2D eigenvalue weighted by atomic mass is 9.83. The van der Waals surface area contributed by atoms with Crippen LogP contribution in [-0.2, 0) is 0 Å². The molecule has 0 aliphatic carbocycles. The van der Waals surface area contributed by atoms with E-state index in [1.165, 1.54) is 17.5 Å². The molecule has 112 valence electrons. The first kappa shape index (κ1) is 15.8. The topological polar surface area (TPSA) is 29.3 Å². The van der Waals surface area contributed by atoms with Crippen molar-refractivity contribution in [1.29, 1.82) is 0 Å². The molecule has 0 bridgehead atoms. The average molecular weight is 295 g/mol. The molecule has 20 heavy (non-hydrogen) atoms. The van der Waals surface area contributed by atoms with Gasteiger partial charge in [-0.2, -0.15) is 0 Å². The highest BCUT2D eigenvalue weighted by atomic mass is 35.5. The number of likely N-dealkylation sites (tertiary alicyclic amines) is 1. The second kappa shape index (κ2) is 6.46. The van der Waals surface area contributed by atoms with E-state index in [1.54, 1.807) is 0 Å². The normalized spacial score (nSPS) is 29.4. The van der Waals surface area contributed by atoms with Crippen LogP contribution < -0.4 is 5.73 Å². The maximum atomic E-state index is 6.12. The highest BCUT2D eigenvalue weighted by molar-refractivity contribution is 6.30. The van der Waals surface area contributed by atoms with Crippen molar-refractivity contribution in [2.24, 2.45) is 17.6 Å². The van der Waals surface area contributed by atoms with Crippen LogP contribution in [0.1, 0.15) is 44.4 Å². The van der Waals surface area contributed by atoms with Crippen molar-refractivity contribution < 1.29 is 0 Å². The van der Waals surface area contributed by atoms with E-state index in [-0.39, 0.29) is 0 Å². The maximum absolute atomic E-state index is 6.12. The lowest BCUT2D eigenvalue weighted by molar-refractivity contribution is 0.0422. The molecule has 1 heterocycles. The van der Waals surface area contributed by atoms with E-state index < -0.39 is 0 Å². The van der Waals surface area contributed by atoms with Crippen LogP contribution in [0.5, 0.6) is 0 Å². The highest BCUT2D eigenvalue weighted by Gasteiger charge is 2.33. The van der Waals surface area contributed by atoms with Gasteiger partial charge in [-0.25, -0.2) is 0 Å². The lowest BCUT2D eigenvalue weighted by Crippen LogP contribution is -2.49. The van der Waals surface area contributed by atoms with Crippen molar-refractivity contribution in [2.45, 2.75) is 46.2 Å². The Morgan fingerprint density at radius 1 is 1.35 bits per heavy atom. The summed E-state index contributed by atoms with van der Waals surface area (Å²) in [5.74, 6) is 1.46. The van der Waals surface area contributed by atoms with E-state index >= 15 is 0 Å². The number of hydrogen-bond acceptors (Lipinski definition) is 2. The van der Waals surface area contributed by atoms with Gasteiger partial charge < -0.3 is 5.73 Å². The molecule has 4 atom stereocenters. The summed E-state index contributed by atoms with van der Waals surface area (Å²) >= 11 is 6.08. The number of nitrogens with two attached hydrogens (primary N) is 1. The average Bonchev–Trinajstić information content (AvgIpc) is 2.38. The van der Waals surface area contributed by atoms with Gasteiger partial charge in [0.1, 0.15) is 0 Å². The summed E-state index contributed by atoms with van der Waals surface area (Å²) in [7, 11) is 0. The van der Waals surface area contributed by atoms with Gasteiger partial charge in [0.2, 0.25) is 0 Å². The van der Waals surface area contributed by atoms with Crippen LogP contribution in [0.2, 0.25) is 5.02 Å². The summed E-state index contributed by atoms with van der Waals surface area (Å²) in [6.45, 7) is 11.0. The molecule has 4 unspecified atom stereocenters. The van der Waals surface area contributed by atoms with Crippen molar-refractivity contribution >= 4 is 11.6 Å². The zero-order chi connectivity index (χ0) is 14.9. The Morgan fingerprint density at radius 2 is 2.05 bits per heavy atom. The highest BCUT2D eigenvalue weighted by Crippen LogP contribution is 2.34. The molecule has 1 aromatic rings. The zero-order valence-corrected chi connectivity index (χ0v) is 13.8. The minimum absolute atomic E-state index is 0.299. The van der Waals surface area contributed by atoms with Crippen molar-refractivity contribution in [3.05, 3.63) is 34.3 Å². The number of halogens is 1. The third-order valence-corrected chi connectivity index (χ3v) is 5.09. The molecule has 2 rings (SSSR count). The molecule has 1 fully saturated rings. The number of hydrogen-bond donors (Lipinski definition) is 1. The number of aryl methyl sites for hydroxylation is 1. The SMILES string of the molecule is Cc1cc(Cl)ccc1C(CN)N1CC(C)CC(C)C1C. The fourth-order valence-electron chi connectivity index (χ4n) is 3.62. The Labute approximate surface area is 128 Å². The molecular weight excluding hydrogens is 268 g/mol. The molecule has 2 N–H and O–H groups in total. The van der Waals surface area contributed by atoms with Crippen LogP contribution in [0.15, 0.2) is 18.2 Å². The van der Waals surface area contributed by atoms with E-state index in [9.17, 15) is 0 Å². The minimum atomic E-state index is 0.299. The van der Waals surface area contributed by atoms with E-state index in [0.717, 1.165) is 23.4 Å². The first-order chi connectivity index (χ1) is 9.43. The molecule has 1 aromatic carbocycles. The largest absolute Gasteiger partial charge is 0.329 e. The maximum Gasteiger partial charge on any atom is 0.0476 e. The van der Waals surface area contributed by atoms with Crippen molar-refractivity contribution in [3.63, 3.8) is 0 Å². The molecule has 1 aliphatic heterocycles. The van der Waals surface area contributed by atoms with Crippen LogP contribution in [0.3, 0.4) is 0 Å². The third-order valence-electron chi connectivity index (χ3n) is 4.86. The lowest BCUT2D eigenvalue weighted by Gasteiger charge is -2.45. The van der Waals surface area contributed by atoms with Gasteiger partial charge in [0.25, 0.3) is 0 Å². The van der Waals surface area contributed by atoms with Gasteiger partial charge >= 0.3 is 0 Å². The summed E-state index contributed by atoms with van der Waals surface area (Å²) in [6.07, 6.45) is 1.31. The Kier molecular flexibility index (Phi) is 5.11. The monoisotopic (exact) mass is 294 g/mol. The molecule has 0 aromatic heterocycles. The molecule has 0 spiro atoms. The van der Waals surface area contributed by atoms with E-state index in [2.05, 4.69) is 38.7 Å². The number of benzene rings is 1. The molecule has 0 amide bonds. The van der Waals surface area contributed by atoms with Gasteiger partial charge in [0, 0.05) is 30.2 Å². The molecule has 0 radical (unpaired) electrons. The van der Waals surface area contributed by atoms with Gasteiger partial charge in [-0.3, -0.25) is 4.90 Å². The predicted octanol–water partition coefficient (Wildman–Crippen LogP) is 4.01. The first-order valence-electron chi connectivity index (χ1n) is 7.65. The van der Waals surface area contributed by atoms with Gasteiger partial charge in [-0.1, -0.05) is 31.5 Å². The number of nitrogens with zero attached hydrogens (tertiary/aromatic N) is 1.